The number of hydrogen-bond donors (Lipinski definition) is 2. The lowest BCUT2D eigenvalue weighted by Crippen LogP contribution is -2.39. The highest BCUT2D eigenvalue weighted by Gasteiger charge is 2.19. The molecule has 4 nitrogen and oxygen atoms in total. The Balaban J connectivity index is 5.32. The Bertz CT molecular complexity index is 356. The molecule has 0 amide bonds. The number of nitrogens with zero attached hydrogens (tertiary/aromatic N) is 2. The van der Waals surface area contributed by atoms with Gasteiger partial charge in [-0.25, -0.2) is 0 Å². The van der Waals surface area contributed by atoms with Gasteiger partial charge < -0.3 is 20.4 Å². The van der Waals surface area contributed by atoms with E-state index in [4.69, 9.17) is 24.4 Å². The fourth-order valence-electron chi connectivity index (χ4n) is 2.09. The molecule has 0 unspecified atom stereocenters. The van der Waals surface area contributed by atoms with Gasteiger partial charge in [-0.05, 0) is 12.8 Å². The van der Waals surface area contributed by atoms with Crippen LogP contribution in [0.3, 0.4) is 0 Å². The average molecular weight is 345 g/mol. The molecule has 0 heterocycles. The summed E-state index contributed by atoms with van der Waals surface area (Å²) in [5.74, 6) is 1.02. The van der Waals surface area contributed by atoms with Crippen LogP contribution in [-0.4, -0.2) is 61.1 Å². The molecule has 0 aromatic heterocycles. The molecule has 0 aliphatic heterocycles. The van der Waals surface area contributed by atoms with E-state index >= 15 is 0 Å². The third-order valence-corrected chi connectivity index (χ3v) is 3.85. The highest BCUT2D eigenvalue weighted by molar-refractivity contribution is 7.83. The van der Waals surface area contributed by atoms with Crippen LogP contribution in [0.5, 0.6) is 0 Å². The Labute approximate surface area is 147 Å². The number of nitrogens with one attached hydrogen (secondary N) is 2. The average Bonchev–Trinajstić information content (AvgIpc) is 2.43. The summed E-state index contributed by atoms with van der Waals surface area (Å²) in [6.45, 7) is 6.10. The van der Waals surface area contributed by atoms with E-state index in [0.717, 1.165) is 60.1 Å². The van der Waals surface area contributed by atoms with Crippen LogP contribution in [0.1, 0.15) is 39.5 Å². The van der Waals surface area contributed by atoms with E-state index in [2.05, 4.69) is 34.3 Å². The Morgan fingerprint density at radius 2 is 1.14 bits per heavy atom. The van der Waals surface area contributed by atoms with E-state index in [-0.39, 0.29) is 0 Å². The molecule has 0 atom stereocenters. The maximum atomic E-state index is 5.61. The van der Waals surface area contributed by atoms with Gasteiger partial charge in [0.1, 0.15) is 15.8 Å². The fourth-order valence-corrected chi connectivity index (χ4v) is 2.74. The van der Waals surface area contributed by atoms with Gasteiger partial charge in [0.15, 0.2) is 0 Å². The molecule has 0 saturated heterocycles. The van der Waals surface area contributed by atoms with Gasteiger partial charge in [0.2, 0.25) is 0 Å². The highest BCUT2D eigenvalue weighted by Crippen LogP contribution is 2.13. The summed E-state index contributed by atoms with van der Waals surface area (Å²) in [7, 11) is 8.05. The van der Waals surface area contributed by atoms with Crippen LogP contribution in [0.4, 0.5) is 0 Å². The van der Waals surface area contributed by atoms with E-state index in [1.807, 2.05) is 28.2 Å². The summed E-state index contributed by atoms with van der Waals surface area (Å²) in [4.78, 5) is 5.55. The molecule has 128 valence electrons. The molecule has 0 saturated carbocycles. The quantitative estimate of drug-likeness (QED) is 0.360. The van der Waals surface area contributed by atoms with Gasteiger partial charge in [-0.3, -0.25) is 0 Å². The second kappa shape index (κ2) is 11.7. The molecule has 0 spiro atoms. The van der Waals surface area contributed by atoms with Gasteiger partial charge in [0, 0.05) is 41.3 Å². The summed E-state index contributed by atoms with van der Waals surface area (Å²) < 4.78 is 0. The van der Waals surface area contributed by atoms with Crippen molar-refractivity contribution >= 4 is 34.4 Å². The van der Waals surface area contributed by atoms with Crippen LogP contribution in [0.2, 0.25) is 0 Å². The number of thiocarbonyl (C=S) groups is 2. The second-order valence-corrected chi connectivity index (χ2v) is 6.52. The molecule has 0 aliphatic carbocycles. The number of rotatable bonds is 10. The predicted octanol–water partition coefficient (Wildman–Crippen LogP) is 2.76. The van der Waals surface area contributed by atoms with Crippen molar-refractivity contribution in [3.05, 3.63) is 11.4 Å². The summed E-state index contributed by atoms with van der Waals surface area (Å²) in [5, 5.41) is 6.68. The molecule has 22 heavy (non-hydrogen) atoms. The Morgan fingerprint density at radius 3 is 1.41 bits per heavy atom. The molecule has 0 rings (SSSR count). The van der Waals surface area contributed by atoms with E-state index in [1.165, 1.54) is 0 Å². The standard InChI is InChI=1S/C16H32N4S2/c1-7-9-11-17-14(21)13(15(22)18-12-10-8-2)16(19(3)4)20(5)6/h7-12H2,1-6H3,(H,17,21)(H,18,22). The van der Waals surface area contributed by atoms with E-state index < -0.39 is 0 Å². The number of unbranched alkanes of at least 4 members (excludes halogenated alkanes) is 2. The molecule has 0 radical (unpaired) electrons. The zero-order chi connectivity index (χ0) is 17.1. The van der Waals surface area contributed by atoms with Crippen LogP contribution in [0.15, 0.2) is 11.4 Å². The second-order valence-electron chi connectivity index (χ2n) is 5.71. The van der Waals surface area contributed by atoms with Gasteiger partial charge in [-0.1, -0.05) is 51.1 Å². The first-order valence-electron chi connectivity index (χ1n) is 8.02. The van der Waals surface area contributed by atoms with Gasteiger partial charge in [-0.15, -0.1) is 0 Å². The van der Waals surface area contributed by atoms with Gasteiger partial charge in [0.25, 0.3) is 0 Å². The van der Waals surface area contributed by atoms with Crippen LogP contribution >= 0.6 is 24.4 Å². The molecular formula is C16H32N4S2. The lowest BCUT2D eigenvalue weighted by molar-refractivity contribution is 0.341. The van der Waals surface area contributed by atoms with Crippen molar-refractivity contribution < 1.29 is 0 Å². The normalized spacial score (nSPS) is 9.91. The maximum Gasteiger partial charge on any atom is 0.116 e. The van der Waals surface area contributed by atoms with E-state index in [0.29, 0.717) is 0 Å². The van der Waals surface area contributed by atoms with Gasteiger partial charge in [0.05, 0.1) is 5.57 Å². The minimum atomic E-state index is 0.722. The Morgan fingerprint density at radius 1 is 0.773 bits per heavy atom. The molecule has 0 aliphatic rings. The largest absolute Gasteiger partial charge is 0.376 e. The van der Waals surface area contributed by atoms with Crippen LogP contribution in [0, 0.1) is 0 Å². The zero-order valence-corrected chi connectivity index (χ0v) is 16.6. The Hall–Kier alpha value is -0.880. The smallest absolute Gasteiger partial charge is 0.116 e. The van der Waals surface area contributed by atoms with Crippen molar-refractivity contribution in [2.45, 2.75) is 39.5 Å². The van der Waals surface area contributed by atoms with Gasteiger partial charge in [-0.2, -0.15) is 0 Å². The van der Waals surface area contributed by atoms with Crippen LogP contribution < -0.4 is 10.6 Å². The first-order valence-corrected chi connectivity index (χ1v) is 8.83. The summed E-state index contributed by atoms with van der Waals surface area (Å²) >= 11 is 11.2. The molecule has 6 heteroatoms. The van der Waals surface area contributed by atoms with Crippen molar-refractivity contribution in [2.24, 2.45) is 0 Å². The minimum absolute atomic E-state index is 0.722. The van der Waals surface area contributed by atoms with Crippen molar-refractivity contribution in [3.8, 4) is 0 Å². The van der Waals surface area contributed by atoms with Crippen LogP contribution in [-0.2, 0) is 0 Å². The molecule has 0 fully saturated rings. The molecule has 0 aromatic rings. The minimum Gasteiger partial charge on any atom is -0.376 e. The Kier molecular flexibility index (Phi) is 11.2. The number of hydrogen-bond acceptors (Lipinski definition) is 4. The monoisotopic (exact) mass is 344 g/mol. The molecular weight excluding hydrogens is 312 g/mol. The third-order valence-electron chi connectivity index (χ3n) is 3.16. The maximum absolute atomic E-state index is 5.61. The molecule has 0 bridgehead atoms. The summed E-state index contributed by atoms with van der Waals surface area (Å²) in [6.07, 6.45) is 4.48. The molecule has 2 N–H and O–H groups in total. The van der Waals surface area contributed by atoms with Crippen molar-refractivity contribution in [3.63, 3.8) is 0 Å². The van der Waals surface area contributed by atoms with E-state index in [9.17, 15) is 0 Å². The predicted molar refractivity (Wildman–Crippen MR) is 105 cm³/mol. The highest BCUT2D eigenvalue weighted by atomic mass is 32.1. The van der Waals surface area contributed by atoms with Crippen molar-refractivity contribution in [2.75, 3.05) is 41.3 Å². The first kappa shape index (κ1) is 21.1. The van der Waals surface area contributed by atoms with E-state index in [1.54, 1.807) is 0 Å². The molecule has 0 aromatic carbocycles. The van der Waals surface area contributed by atoms with Crippen molar-refractivity contribution in [1.82, 2.24) is 20.4 Å². The van der Waals surface area contributed by atoms with Crippen molar-refractivity contribution in [1.29, 1.82) is 0 Å². The lowest BCUT2D eigenvalue weighted by Gasteiger charge is -2.29. The van der Waals surface area contributed by atoms with Gasteiger partial charge >= 0.3 is 0 Å². The lowest BCUT2D eigenvalue weighted by atomic mass is 10.2. The SMILES string of the molecule is CCCCNC(=S)C(C(=S)NCCCC)=C(N(C)C)N(C)C. The fraction of sp³-hybridized carbons (Fsp3) is 0.750. The third kappa shape index (κ3) is 7.40. The van der Waals surface area contributed by atoms with Crippen LogP contribution in [0.25, 0.3) is 0 Å². The topological polar surface area (TPSA) is 30.5 Å². The zero-order valence-electron chi connectivity index (χ0n) is 15.0. The summed E-state index contributed by atoms with van der Waals surface area (Å²) in [6, 6.07) is 0. The summed E-state index contributed by atoms with van der Waals surface area (Å²) in [5.41, 5.74) is 0.909. The first-order chi connectivity index (χ1) is 10.4.